The average molecular weight is 246 g/mol. The van der Waals surface area contributed by atoms with E-state index >= 15 is 0 Å². The van der Waals surface area contributed by atoms with E-state index in [1.54, 1.807) is 19.1 Å². The van der Waals surface area contributed by atoms with Crippen LogP contribution in [0, 0.1) is 12.7 Å². The number of hydrogen-bond donors (Lipinski definition) is 2. The zero-order valence-corrected chi connectivity index (χ0v) is 9.63. The molecule has 18 heavy (non-hydrogen) atoms. The Labute approximate surface area is 103 Å². The van der Waals surface area contributed by atoms with E-state index in [0.717, 1.165) is 6.20 Å². The van der Waals surface area contributed by atoms with Crippen LogP contribution in [-0.4, -0.2) is 21.0 Å². The molecule has 0 saturated carbocycles. The summed E-state index contributed by atoms with van der Waals surface area (Å²) in [7, 11) is 0. The van der Waals surface area contributed by atoms with E-state index < -0.39 is 5.82 Å². The lowest BCUT2D eigenvalue weighted by molar-refractivity contribution is 0.318. The number of halogens is 1. The third-order valence-corrected chi connectivity index (χ3v) is 2.36. The second-order valence-corrected chi connectivity index (χ2v) is 3.76. The highest BCUT2D eigenvalue weighted by atomic mass is 19.1. The molecule has 0 radical (unpaired) electrons. The molecule has 0 fully saturated rings. The van der Waals surface area contributed by atoms with Crippen LogP contribution in [0.25, 0.3) is 11.1 Å². The summed E-state index contributed by atoms with van der Waals surface area (Å²) in [6.45, 7) is 1.77. The summed E-state index contributed by atoms with van der Waals surface area (Å²) in [5.41, 5.74) is 7.81. The van der Waals surface area contributed by atoms with Crippen LogP contribution in [0.2, 0.25) is 0 Å². The van der Waals surface area contributed by atoms with E-state index in [-0.39, 0.29) is 5.84 Å². The zero-order valence-electron chi connectivity index (χ0n) is 9.63. The molecule has 0 bridgehead atoms. The average Bonchev–Trinajstić information content (AvgIpc) is 2.37. The summed E-state index contributed by atoms with van der Waals surface area (Å²) in [6.07, 6.45) is 2.66. The van der Waals surface area contributed by atoms with Crippen molar-refractivity contribution in [3.05, 3.63) is 47.8 Å². The van der Waals surface area contributed by atoms with Gasteiger partial charge < -0.3 is 10.9 Å². The van der Waals surface area contributed by atoms with E-state index in [1.807, 2.05) is 0 Å². The van der Waals surface area contributed by atoms with Crippen LogP contribution in [0.4, 0.5) is 4.39 Å². The van der Waals surface area contributed by atoms with Gasteiger partial charge in [0.2, 0.25) is 0 Å². The molecule has 0 unspecified atom stereocenters. The number of pyridine rings is 2. The predicted octanol–water partition coefficient (Wildman–Crippen LogP) is 1.69. The van der Waals surface area contributed by atoms with Crippen LogP contribution in [0.5, 0.6) is 0 Å². The third kappa shape index (κ3) is 2.42. The Bertz CT molecular complexity index is 613. The number of nitrogens with two attached hydrogens (primary N) is 1. The molecule has 5 nitrogen and oxygen atoms in total. The SMILES string of the molecule is Cc1cc(-c2cncc(F)c2)cc(/C(N)=N/O)n1. The van der Waals surface area contributed by atoms with E-state index in [4.69, 9.17) is 10.9 Å². The van der Waals surface area contributed by atoms with Crippen molar-refractivity contribution in [3.63, 3.8) is 0 Å². The molecule has 0 amide bonds. The van der Waals surface area contributed by atoms with Crippen molar-refractivity contribution in [1.82, 2.24) is 9.97 Å². The van der Waals surface area contributed by atoms with Crippen molar-refractivity contribution in [1.29, 1.82) is 0 Å². The molecular weight excluding hydrogens is 235 g/mol. The maximum absolute atomic E-state index is 13.1. The van der Waals surface area contributed by atoms with Crippen LogP contribution in [-0.2, 0) is 0 Å². The molecule has 0 aliphatic rings. The van der Waals surface area contributed by atoms with Gasteiger partial charge in [-0.25, -0.2) is 9.37 Å². The van der Waals surface area contributed by atoms with Gasteiger partial charge in [0, 0.05) is 17.5 Å². The van der Waals surface area contributed by atoms with E-state index in [2.05, 4.69) is 15.1 Å². The van der Waals surface area contributed by atoms with Crippen molar-refractivity contribution in [3.8, 4) is 11.1 Å². The summed E-state index contributed by atoms with van der Waals surface area (Å²) >= 11 is 0. The smallest absolute Gasteiger partial charge is 0.188 e. The predicted molar refractivity (Wildman–Crippen MR) is 64.7 cm³/mol. The van der Waals surface area contributed by atoms with Gasteiger partial charge in [-0.05, 0) is 30.7 Å². The molecule has 6 heteroatoms. The van der Waals surface area contributed by atoms with Crippen LogP contribution < -0.4 is 5.73 Å². The summed E-state index contributed by atoms with van der Waals surface area (Å²) in [5, 5.41) is 11.5. The molecule has 0 saturated heterocycles. The molecule has 0 aliphatic heterocycles. The number of rotatable bonds is 2. The largest absolute Gasteiger partial charge is 0.409 e. The maximum atomic E-state index is 13.1. The van der Waals surface area contributed by atoms with Crippen molar-refractivity contribution in [2.24, 2.45) is 10.9 Å². The van der Waals surface area contributed by atoms with Crippen LogP contribution in [0.1, 0.15) is 11.4 Å². The number of hydrogen-bond acceptors (Lipinski definition) is 4. The highest BCUT2D eigenvalue weighted by Gasteiger charge is 2.07. The molecule has 0 aromatic carbocycles. The van der Waals surface area contributed by atoms with Gasteiger partial charge in [0.05, 0.1) is 6.20 Å². The number of aromatic nitrogens is 2. The van der Waals surface area contributed by atoms with Crippen LogP contribution in [0.3, 0.4) is 0 Å². The lowest BCUT2D eigenvalue weighted by Gasteiger charge is -2.06. The molecule has 3 N–H and O–H groups in total. The molecule has 2 aromatic heterocycles. The third-order valence-electron chi connectivity index (χ3n) is 2.36. The van der Waals surface area contributed by atoms with Crippen molar-refractivity contribution in [2.45, 2.75) is 6.92 Å². The summed E-state index contributed by atoms with van der Waals surface area (Å²) < 4.78 is 13.1. The van der Waals surface area contributed by atoms with Crippen LogP contribution in [0.15, 0.2) is 35.7 Å². The van der Waals surface area contributed by atoms with Crippen molar-refractivity contribution < 1.29 is 9.60 Å². The van der Waals surface area contributed by atoms with E-state index in [9.17, 15) is 4.39 Å². The summed E-state index contributed by atoms with van der Waals surface area (Å²) in [4.78, 5) is 7.90. The Morgan fingerprint density at radius 2 is 2.06 bits per heavy atom. The Balaban J connectivity index is 2.55. The quantitative estimate of drug-likeness (QED) is 0.365. The first-order valence-electron chi connectivity index (χ1n) is 5.17. The molecule has 2 rings (SSSR count). The standard InChI is InChI=1S/C12H11FN4O/c1-7-2-8(4-11(16-7)12(14)17-18)9-3-10(13)6-15-5-9/h2-6,18H,1H3,(H2,14,17). The number of aryl methyl sites for hydroxylation is 1. The van der Waals surface area contributed by atoms with E-state index in [0.29, 0.717) is 22.5 Å². The monoisotopic (exact) mass is 246 g/mol. The molecule has 0 spiro atoms. The molecule has 2 heterocycles. The van der Waals surface area contributed by atoms with Crippen molar-refractivity contribution >= 4 is 5.84 Å². The van der Waals surface area contributed by atoms with Crippen molar-refractivity contribution in [2.75, 3.05) is 0 Å². The molecule has 0 aliphatic carbocycles. The highest BCUT2D eigenvalue weighted by molar-refractivity contribution is 5.96. The fraction of sp³-hybridized carbons (Fsp3) is 0.0833. The molecule has 92 valence electrons. The number of oxime groups is 1. The minimum atomic E-state index is -0.424. The first kappa shape index (κ1) is 12.0. The normalized spacial score (nSPS) is 11.6. The van der Waals surface area contributed by atoms with E-state index in [1.165, 1.54) is 12.3 Å². The van der Waals surface area contributed by atoms with Gasteiger partial charge in [-0.15, -0.1) is 0 Å². The summed E-state index contributed by atoms with van der Waals surface area (Å²) in [5.74, 6) is -0.517. The molecule has 0 atom stereocenters. The Kier molecular flexibility index (Phi) is 3.18. The fourth-order valence-corrected chi connectivity index (χ4v) is 1.59. The molecular formula is C12H11FN4O. The van der Waals surface area contributed by atoms with Gasteiger partial charge >= 0.3 is 0 Å². The number of amidine groups is 1. The first-order chi connectivity index (χ1) is 8.60. The number of nitrogens with zero attached hydrogens (tertiary/aromatic N) is 3. The van der Waals surface area contributed by atoms with Gasteiger partial charge in [-0.3, -0.25) is 4.98 Å². The fourth-order valence-electron chi connectivity index (χ4n) is 1.59. The zero-order chi connectivity index (χ0) is 13.1. The Morgan fingerprint density at radius 1 is 1.28 bits per heavy atom. The minimum Gasteiger partial charge on any atom is -0.409 e. The highest BCUT2D eigenvalue weighted by Crippen LogP contribution is 2.20. The lowest BCUT2D eigenvalue weighted by atomic mass is 10.1. The minimum absolute atomic E-state index is 0.0932. The Morgan fingerprint density at radius 3 is 2.72 bits per heavy atom. The van der Waals surface area contributed by atoms with Crippen LogP contribution >= 0.6 is 0 Å². The topological polar surface area (TPSA) is 84.4 Å². The second-order valence-electron chi connectivity index (χ2n) is 3.76. The Hall–Kier alpha value is -2.50. The van der Waals surface area contributed by atoms with Gasteiger partial charge in [-0.2, -0.15) is 0 Å². The lowest BCUT2D eigenvalue weighted by Crippen LogP contribution is -2.15. The van der Waals surface area contributed by atoms with Gasteiger partial charge in [0.25, 0.3) is 0 Å². The second kappa shape index (κ2) is 4.79. The van der Waals surface area contributed by atoms with Gasteiger partial charge in [0.1, 0.15) is 11.5 Å². The first-order valence-corrected chi connectivity index (χ1v) is 5.17. The van der Waals surface area contributed by atoms with Gasteiger partial charge in [0.15, 0.2) is 5.84 Å². The van der Waals surface area contributed by atoms with Gasteiger partial charge in [-0.1, -0.05) is 5.16 Å². The summed E-state index contributed by atoms with van der Waals surface area (Å²) in [6, 6.07) is 4.74. The molecule has 2 aromatic rings. The maximum Gasteiger partial charge on any atom is 0.188 e.